The Bertz CT molecular complexity index is 402. The molecule has 0 spiro atoms. The largest absolute Gasteiger partial charge is 0.478 e. The summed E-state index contributed by atoms with van der Waals surface area (Å²) in [7, 11) is 0. The van der Waals surface area contributed by atoms with Gasteiger partial charge in [-0.15, -0.1) is 11.8 Å². The van der Waals surface area contributed by atoms with E-state index in [-0.39, 0.29) is 0 Å². The standard InChI is InChI=1S/C12H15NO2S/c1-16-10-4-2-3-9(11(10)12(14)15)13-7-8-5-6-8/h2-4,8,13H,5-7H2,1H3,(H,14,15). The summed E-state index contributed by atoms with van der Waals surface area (Å²) < 4.78 is 0. The Hall–Kier alpha value is -1.16. The molecule has 0 heterocycles. The third kappa shape index (κ3) is 2.50. The van der Waals surface area contributed by atoms with Gasteiger partial charge in [-0.25, -0.2) is 4.79 Å². The van der Waals surface area contributed by atoms with Crippen LogP contribution in [0.3, 0.4) is 0 Å². The van der Waals surface area contributed by atoms with Gasteiger partial charge in [-0.2, -0.15) is 0 Å². The molecule has 4 heteroatoms. The van der Waals surface area contributed by atoms with Gasteiger partial charge in [0.1, 0.15) is 0 Å². The maximum absolute atomic E-state index is 11.2. The fourth-order valence-electron chi connectivity index (χ4n) is 1.65. The van der Waals surface area contributed by atoms with Crippen molar-refractivity contribution in [1.29, 1.82) is 0 Å². The number of aromatic carboxylic acids is 1. The van der Waals surface area contributed by atoms with Gasteiger partial charge in [0.05, 0.1) is 5.56 Å². The molecule has 0 aliphatic heterocycles. The summed E-state index contributed by atoms with van der Waals surface area (Å²) in [5.41, 5.74) is 1.14. The van der Waals surface area contributed by atoms with Crippen LogP contribution in [0.5, 0.6) is 0 Å². The van der Waals surface area contributed by atoms with E-state index in [0.29, 0.717) is 5.56 Å². The van der Waals surface area contributed by atoms with E-state index in [2.05, 4.69) is 5.32 Å². The van der Waals surface area contributed by atoms with E-state index >= 15 is 0 Å². The molecule has 0 aromatic heterocycles. The lowest BCUT2D eigenvalue weighted by Gasteiger charge is -2.11. The van der Waals surface area contributed by atoms with Crippen molar-refractivity contribution in [1.82, 2.24) is 0 Å². The zero-order valence-corrected chi connectivity index (χ0v) is 10.0. The average molecular weight is 237 g/mol. The first kappa shape index (κ1) is 11.3. The van der Waals surface area contributed by atoms with Gasteiger partial charge in [0.15, 0.2) is 0 Å². The fraction of sp³-hybridized carbons (Fsp3) is 0.417. The van der Waals surface area contributed by atoms with Crippen LogP contribution < -0.4 is 5.32 Å². The molecule has 1 aromatic carbocycles. The molecule has 16 heavy (non-hydrogen) atoms. The first-order valence-corrected chi connectivity index (χ1v) is 6.59. The van der Waals surface area contributed by atoms with Crippen LogP contribution in [0.4, 0.5) is 5.69 Å². The molecule has 0 amide bonds. The number of carboxylic acid groups (broad SMARTS) is 1. The Morgan fingerprint density at radius 3 is 2.88 bits per heavy atom. The molecule has 0 atom stereocenters. The summed E-state index contributed by atoms with van der Waals surface area (Å²) in [6, 6.07) is 5.58. The number of hydrogen-bond donors (Lipinski definition) is 2. The van der Waals surface area contributed by atoms with Crippen LogP contribution in [0.15, 0.2) is 23.1 Å². The molecule has 2 N–H and O–H groups in total. The SMILES string of the molecule is CSc1cccc(NCC2CC2)c1C(=O)O. The second-order valence-corrected chi connectivity index (χ2v) is 4.86. The highest BCUT2D eigenvalue weighted by molar-refractivity contribution is 7.98. The van der Waals surface area contributed by atoms with E-state index < -0.39 is 5.97 Å². The molecule has 86 valence electrons. The number of benzene rings is 1. The molecule has 1 aliphatic rings. The normalized spacial score (nSPS) is 14.8. The highest BCUT2D eigenvalue weighted by Gasteiger charge is 2.22. The second-order valence-electron chi connectivity index (χ2n) is 4.01. The van der Waals surface area contributed by atoms with Crippen molar-refractivity contribution in [2.75, 3.05) is 18.1 Å². The Kier molecular flexibility index (Phi) is 3.39. The molecule has 0 unspecified atom stereocenters. The first-order valence-electron chi connectivity index (χ1n) is 5.36. The zero-order chi connectivity index (χ0) is 11.5. The van der Waals surface area contributed by atoms with Crippen LogP contribution in [0, 0.1) is 5.92 Å². The minimum absolute atomic E-state index is 0.399. The Balaban J connectivity index is 2.22. The van der Waals surface area contributed by atoms with Gasteiger partial charge < -0.3 is 10.4 Å². The Morgan fingerprint density at radius 1 is 1.56 bits per heavy atom. The van der Waals surface area contributed by atoms with Crippen molar-refractivity contribution in [2.45, 2.75) is 17.7 Å². The number of anilines is 1. The highest BCUT2D eigenvalue weighted by atomic mass is 32.2. The van der Waals surface area contributed by atoms with Gasteiger partial charge in [0, 0.05) is 17.1 Å². The van der Waals surface area contributed by atoms with Crippen LogP contribution in [-0.2, 0) is 0 Å². The Morgan fingerprint density at radius 2 is 2.31 bits per heavy atom. The van der Waals surface area contributed by atoms with Gasteiger partial charge in [0.2, 0.25) is 0 Å². The molecule has 2 rings (SSSR count). The van der Waals surface area contributed by atoms with Gasteiger partial charge in [-0.1, -0.05) is 6.07 Å². The van der Waals surface area contributed by atoms with Crippen molar-refractivity contribution < 1.29 is 9.90 Å². The van der Waals surface area contributed by atoms with E-state index in [1.165, 1.54) is 24.6 Å². The first-order chi connectivity index (χ1) is 7.72. The van der Waals surface area contributed by atoms with Crippen LogP contribution in [0.1, 0.15) is 23.2 Å². The molecule has 0 bridgehead atoms. The van der Waals surface area contributed by atoms with Crippen LogP contribution in [0.25, 0.3) is 0 Å². The summed E-state index contributed by atoms with van der Waals surface area (Å²) >= 11 is 1.47. The fourth-order valence-corrected chi connectivity index (χ4v) is 2.26. The van der Waals surface area contributed by atoms with E-state index in [4.69, 9.17) is 0 Å². The number of carboxylic acids is 1. The lowest BCUT2D eigenvalue weighted by Crippen LogP contribution is -2.09. The lowest BCUT2D eigenvalue weighted by atomic mass is 10.1. The molecule has 1 saturated carbocycles. The number of nitrogens with one attached hydrogen (secondary N) is 1. The molecular weight excluding hydrogens is 222 g/mol. The number of carbonyl (C=O) groups is 1. The highest BCUT2D eigenvalue weighted by Crippen LogP contribution is 2.31. The minimum atomic E-state index is -0.858. The van der Waals surface area contributed by atoms with Gasteiger partial charge in [0.25, 0.3) is 0 Å². The smallest absolute Gasteiger partial charge is 0.338 e. The quantitative estimate of drug-likeness (QED) is 0.773. The van der Waals surface area contributed by atoms with Gasteiger partial charge in [-0.05, 0) is 37.1 Å². The topological polar surface area (TPSA) is 49.3 Å². The average Bonchev–Trinajstić information content (AvgIpc) is 3.09. The van der Waals surface area contributed by atoms with E-state index in [1.54, 1.807) is 0 Å². The second kappa shape index (κ2) is 4.78. The summed E-state index contributed by atoms with van der Waals surface area (Å²) in [4.78, 5) is 12.0. The molecule has 1 fully saturated rings. The van der Waals surface area contributed by atoms with Crippen molar-refractivity contribution in [3.05, 3.63) is 23.8 Å². The molecule has 1 aliphatic carbocycles. The third-order valence-electron chi connectivity index (χ3n) is 2.74. The predicted octanol–water partition coefficient (Wildman–Crippen LogP) is 2.93. The molecule has 3 nitrogen and oxygen atoms in total. The van der Waals surface area contributed by atoms with Crippen LogP contribution >= 0.6 is 11.8 Å². The lowest BCUT2D eigenvalue weighted by molar-refractivity contribution is 0.0694. The van der Waals surface area contributed by atoms with Crippen molar-refractivity contribution >= 4 is 23.4 Å². The third-order valence-corrected chi connectivity index (χ3v) is 3.52. The molecule has 1 aromatic rings. The van der Waals surface area contributed by atoms with Crippen molar-refractivity contribution in [2.24, 2.45) is 5.92 Å². The van der Waals surface area contributed by atoms with E-state index in [0.717, 1.165) is 23.0 Å². The van der Waals surface area contributed by atoms with Crippen LogP contribution in [-0.4, -0.2) is 23.9 Å². The van der Waals surface area contributed by atoms with E-state index in [1.807, 2.05) is 24.5 Å². The summed E-state index contributed by atoms with van der Waals surface area (Å²) in [5, 5.41) is 12.4. The predicted molar refractivity (Wildman–Crippen MR) is 66.4 cm³/mol. The molecular formula is C12H15NO2S. The molecule has 0 saturated heterocycles. The monoisotopic (exact) mass is 237 g/mol. The summed E-state index contributed by atoms with van der Waals surface area (Å²) in [6.45, 7) is 0.887. The minimum Gasteiger partial charge on any atom is -0.478 e. The summed E-state index contributed by atoms with van der Waals surface area (Å²) in [6.07, 6.45) is 4.42. The maximum Gasteiger partial charge on any atom is 0.338 e. The number of rotatable bonds is 5. The zero-order valence-electron chi connectivity index (χ0n) is 9.19. The van der Waals surface area contributed by atoms with Crippen molar-refractivity contribution in [3.8, 4) is 0 Å². The van der Waals surface area contributed by atoms with Crippen LogP contribution in [0.2, 0.25) is 0 Å². The van der Waals surface area contributed by atoms with Gasteiger partial charge in [-0.3, -0.25) is 0 Å². The summed E-state index contributed by atoms with van der Waals surface area (Å²) in [5.74, 6) is -0.122. The van der Waals surface area contributed by atoms with Crippen molar-refractivity contribution in [3.63, 3.8) is 0 Å². The molecule has 0 radical (unpaired) electrons. The Labute approximate surface area is 99.2 Å². The number of hydrogen-bond acceptors (Lipinski definition) is 3. The van der Waals surface area contributed by atoms with E-state index in [9.17, 15) is 9.90 Å². The number of thioether (sulfide) groups is 1. The van der Waals surface area contributed by atoms with Gasteiger partial charge >= 0.3 is 5.97 Å². The maximum atomic E-state index is 11.2.